The summed E-state index contributed by atoms with van der Waals surface area (Å²) >= 11 is 3.24. The first-order valence-corrected chi connectivity index (χ1v) is 5.49. The lowest BCUT2D eigenvalue weighted by molar-refractivity contribution is -0.140. The normalized spacial score (nSPS) is 11.6. The summed E-state index contributed by atoms with van der Waals surface area (Å²) < 4.78 is 0.863. The van der Waals surface area contributed by atoms with Crippen LogP contribution in [0.2, 0.25) is 0 Å². The van der Waals surface area contributed by atoms with Crippen LogP contribution in [0.1, 0.15) is 0 Å². The summed E-state index contributed by atoms with van der Waals surface area (Å²) in [6.45, 7) is -0.664. The molecule has 1 aromatic carbocycles. The Kier molecular flexibility index (Phi) is 4.92. The van der Waals surface area contributed by atoms with Crippen molar-refractivity contribution in [3.8, 4) is 0 Å². The van der Waals surface area contributed by atoms with Gasteiger partial charge in [-0.2, -0.15) is 0 Å². The minimum absolute atomic E-state index is 0.521. The van der Waals surface area contributed by atoms with Crippen molar-refractivity contribution >= 4 is 33.6 Å². The maximum absolute atomic E-state index is 11.4. The average Bonchev–Trinajstić information content (AvgIpc) is 2.28. The molecule has 0 bridgehead atoms. The number of carbonyl (C=O) groups excluding carboxylic acids is 1. The minimum atomic E-state index is -1.31. The molecule has 0 radical (unpaired) electrons. The van der Waals surface area contributed by atoms with E-state index in [4.69, 9.17) is 10.2 Å². The smallest absolute Gasteiger partial charge is 0.328 e. The van der Waals surface area contributed by atoms with E-state index in [0.29, 0.717) is 5.69 Å². The Morgan fingerprint density at radius 3 is 2.35 bits per heavy atom. The fraction of sp³-hybridized carbons (Fsp3) is 0.200. The fourth-order valence-electron chi connectivity index (χ4n) is 1.04. The maximum atomic E-state index is 11.4. The molecular weight excluding hydrogens is 292 g/mol. The van der Waals surface area contributed by atoms with Crippen LogP contribution in [0.15, 0.2) is 28.7 Å². The molecule has 17 heavy (non-hydrogen) atoms. The molecule has 0 aliphatic carbocycles. The van der Waals surface area contributed by atoms with E-state index in [1.807, 2.05) is 0 Å². The van der Waals surface area contributed by atoms with Crippen LogP contribution in [0.5, 0.6) is 0 Å². The third-order valence-corrected chi connectivity index (χ3v) is 2.42. The van der Waals surface area contributed by atoms with Crippen molar-refractivity contribution in [3.05, 3.63) is 28.7 Å². The van der Waals surface area contributed by atoms with Crippen molar-refractivity contribution < 1.29 is 19.8 Å². The van der Waals surface area contributed by atoms with E-state index < -0.39 is 24.6 Å². The van der Waals surface area contributed by atoms with E-state index in [1.165, 1.54) is 0 Å². The Labute approximate surface area is 106 Å². The molecule has 1 aromatic rings. The molecule has 1 atom stereocenters. The quantitative estimate of drug-likeness (QED) is 0.667. The second-order valence-corrected chi connectivity index (χ2v) is 4.09. The van der Waals surface area contributed by atoms with Gasteiger partial charge < -0.3 is 20.8 Å². The molecule has 6 nitrogen and oxygen atoms in total. The summed E-state index contributed by atoms with van der Waals surface area (Å²) in [6, 6.07) is 4.77. The molecule has 4 N–H and O–H groups in total. The SMILES string of the molecule is O=C(Nc1ccc(Br)cc1)NC(CO)C(=O)O. The first-order chi connectivity index (χ1) is 8.02. The number of carboxylic acids is 1. The van der Waals surface area contributed by atoms with Crippen molar-refractivity contribution in [2.45, 2.75) is 6.04 Å². The third kappa shape index (κ3) is 4.41. The summed E-state index contributed by atoms with van der Waals surface area (Å²) in [4.78, 5) is 21.9. The van der Waals surface area contributed by atoms with Gasteiger partial charge in [-0.15, -0.1) is 0 Å². The fourth-order valence-corrected chi connectivity index (χ4v) is 1.31. The monoisotopic (exact) mass is 302 g/mol. The number of hydrogen-bond donors (Lipinski definition) is 4. The molecule has 2 amide bonds. The van der Waals surface area contributed by atoms with Crippen LogP contribution < -0.4 is 10.6 Å². The number of aliphatic hydroxyl groups excluding tert-OH is 1. The van der Waals surface area contributed by atoms with Crippen LogP contribution >= 0.6 is 15.9 Å². The number of nitrogens with one attached hydrogen (secondary N) is 2. The van der Waals surface area contributed by atoms with Gasteiger partial charge in [0.2, 0.25) is 0 Å². The summed E-state index contributed by atoms with van der Waals surface area (Å²) in [5, 5.41) is 21.9. The van der Waals surface area contributed by atoms with Crippen molar-refractivity contribution in [3.63, 3.8) is 0 Å². The molecule has 0 saturated carbocycles. The molecular formula is C10H11BrN2O4. The van der Waals surface area contributed by atoms with Crippen molar-refractivity contribution in [1.29, 1.82) is 0 Å². The Bertz CT molecular complexity index is 407. The van der Waals surface area contributed by atoms with Gasteiger partial charge in [0.05, 0.1) is 6.61 Å². The number of amides is 2. The largest absolute Gasteiger partial charge is 0.480 e. The highest BCUT2D eigenvalue weighted by Gasteiger charge is 2.18. The summed E-state index contributed by atoms with van der Waals surface area (Å²) in [6.07, 6.45) is 0. The van der Waals surface area contributed by atoms with Crippen LogP contribution in [-0.2, 0) is 4.79 Å². The van der Waals surface area contributed by atoms with Crippen molar-refractivity contribution in [2.75, 3.05) is 11.9 Å². The molecule has 0 spiro atoms. The Balaban J connectivity index is 2.54. The zero-order chi connectivity index (χ0) is 12.8. The van der Waals surface area contributed by atoms with E-state index in [-0.39, 0.29) is 0 Å². The average molecular weight is 303 g/mol. The first kappa shape index (κ1) is 13.5. The van der Waals surface area contributed by atoms with Gasteiger partial charge in [0.1, 0.15) is 0 Å². The van der Waals surface area contributed by atoms with Gasteiger partial charge in [-0.3, -0.25) is 0 Å². The number of carbonyl (C=O) groups is 2. The Morgan fingerprint density at radius 1 is 1.29 bits per heavy atom. The maximum Gasteiger partial charge on any atom is 0.328 e. The second-order valence-electron chi connectivity index (χ2n) is 3.18. The van der Waals surface area contributed by atoms with E-state index in [9.17, 15) is 9.59 Å². The lowest BCUT2D eigenvalue weighted by atomic mass is 10.3. The van der Waals surface area contributed by atoms with Crippen LogP contribution in [0, 0.1) is 0 Å². The number of benzene rings is 1. The van der Waals surface area contributed by atoms with Gasteiger partial charge >= 0.3 is 12.0 Å². The highest BCUT2D eigenvalue weighted by Crippen LogP contribution is 2.13. The molecule has 0 aliphatic heterocycles. The van der Waals surface area contributed by atoms with Crippen LogP contribution in [-0.4, -0.2) is 34.9 Å². The molecule has 1 unspecified atom stereocenters. The lowest BCUT2D eigenvalue weighted by Gasteiger charge is -2.12. The van der Waals surface area contributed by atoms with E-state index >= 15 is 0 Å². The molecule has 92 valence electrons. The highest BCUT2D eigenvalue weighted by atomic mass is 79.9. The number of carboxylic acid groups (broad SMARTS) is 1. The topological polar surface area (TPSA) is 98.7 Å². The second kappa shape index (κ2) is 6.21. The molecule has 0 aromatic heterocycles. The molecule has 0 saturated heterocycles. The van der Waals surface area contributed by atoms with Crippen molar-refractivity contribution in [2.24, 2.45) is 0 Å². The zero-order valence-electron chi connectivity index (χ0n) is 8.68. The number of rotatable bonds is 4. The molecule has 0 fully saturated rings. The van der Waals surface area contributed by atoms with Crippen LogP contribution in [0.4, 0.5) is 10.5 Å². The minimum Gasteiger partial charge on any atom is -0.480 e. The predicted molar refractivity (Wildman–Crippen MR) is 64.8 cm³/mol. The Morgan fingerprint density at radius 2 is 1.88 bits per heavy atom. The van der Waals surface area contributed by atoms with Gasteiger partial charge in [0.15, 0.2) is 6.04 Å². The zero-order valence-corrected chi connectivity index (χ0v) is 10.3. The van der Waals surface area contributed by atoms with Gasteiger partial charge in [0.25, 0.3) is 0 Å². The van der Waals surface area contributed by atoms with E-state index in [1.54, 1.807) is 24.3 Å². The molecule has 7 heteroatoms. The summed E-state index contributed by atoms with van der Waals surface area (Å²) in [5.74, 6) is -1.29. The number of anilines is 1. The third-order valence-electron chi connectivity index (χ3n) is 1.89. The molecule has 0 aliphatic rings. The van der Waals surface area contributed by atoms with Gasteiger partial charge in [-0.1, -0.05) is 15.9 Å². The van der Waals surface area contributed by atoms with Crippen LogP contribution in [0.25, 0.3) is 0 Å². The molecule has 0 heterocycles. The van der Waals surface area contributed by atoms with E-state index in [2.05, 4.69) is 26.6 Å². The van der Waals surface area contributed by atoms with Crippen LogP contribution in [0.3, 0.4) is 0 Å². The lowest BCUT2D eigenvalue weighted by Crippen LogP contribution is -2.45. The van der Waals surface area contributed by atoms with Gasteiger partial charge in [-0.05, 0) is 24.3 Å². The number of aliphatic carboxylic acids is 1. The Hall–Kier alpha value is -1.60. The standard InChI is InChI=1S/C10H11BrN2O4/c11-6-1-3-7(4-2-6)12-10(17)13-8(5-14)9(15)16/h1-4,8,14H,5H2,(H,15,16)(H2,12,13,17). The van der Waals surface area contributed by atoms with Crippen molar-refractivity contribution in [1.82, 2.24) is 5.32 Å². The van der Waals surface area contributed by atoms with E-state index in [0.717, 1.165) is 4.47 Å². The highest BCUT2D eigenvalue weighted by molar-refractivity contribution is 9.10. The summed E-state index contributed by atoms with van der Waals surface area (Å²) in [7, 11) is 0. The summed E-state index contributed by atoms with van der Waals surface area (Å²) in [5.41, 5.74) is 0.521. The number of hydrogen-bond acceptors (Lipinski definition) is 3. The first-order valence-electron chi connectivity index (χ1n) is 4.69. The van der Waals surface area contributed by atoms with Gasteiger partial charge in [-0.25, -0.2) is 9.59 Å². The number of urea groups is 1. The molecule has 1 rings (SSSR count). The predicted octanol–water partition coefficient (Wildman–Crippen LogP) is 1.02. The number of halogens is 1. The number of aliphatic hydroxyl groups is 1. The van der Waals surface area contributed by atoms with Gasteiger partial charge in [0, 0.05) is 10.2 Å².